The first-order chi connectivity index (χ1) is 10.9. The van der Waals surface area contributed by atoms with Crippen LogP contribution in [-0.2, 0) is 4.79 Å². The molecule has 6 nitrogen and oxygen atoms in total. The number of anilines is 1. The van der Waals surface area contributed by atoms with Gasteiger partial charge in [-0.25, -0.2) is 0 Å². The predicted octanol–water partition coefficient (Wildman–Crippen LogP) is 2.31. The summed E-state index contributed by atoms with van der Waals surface area (Å²) >= 11 is 0. The van der Waals surface area contributed by atoms with Gasteiger partial charge in [-0.15, -0.1) is 0 Å². The molecule has 0 spiro atoms. The molecule has 6 heteroatoms. The number of aryl methyl sites for hydroxylation is 3. The van der Waals surface area contributed by atoms with Crippen LogP contribution < -0.4 is 5.32 Å². The van der Waals surface area contributed by atoms with E-state index >= 15 is 0 Å². The largest absolute Gasteiger partial charge is 0.361 e. The van der Waals surface area contributed by atoms with Crippen molar-refractivity contribution in [3.8, 4) is 0 Å². The highest BCUT2D eigenvalue weighted by Crippen LogP contribution is 2.21. The summed E-state index contributed by atoms with van der Waals surface area (Å²) in [6.45, 7) is 6.53. The quantitative estimate of drug-likeness (QED) is 0.943. The maximum Gasteiger partial charge on any atom is 0.276 e. The van der Waals surface area contributed by atoms with Crippen molar-refractivity contribution in [3.63, 3.8) is 0 Å². The van der Waals surface area contributed by atoms with Crippen LogP contribution in [0.5, 0.6) is 0 Å². The minimum atomic E-state index is -0.197. The molecular formula is C17H19N3O3. The first kappa shape index (κ1) is 15.3. The number of carbonyl (C=O) groups is 2. The van der Waals surface area contributed by atoms with Gasteiger partial charge < -0.3 is 14.7 Å². The molecule has 0 aliphatic carbocycles. The van der Waals surface area contributed by atoms with Gasteiger partial charge in [-0.2, -0.15) is 0 Å². The minimum absolute atomic E-state index is 0.0598. The fourth-order valence-corrected chi connectivity index (χ4v) is 2.73. The lowest BCUT2D eigenvalue weighted by Gasteiger charge is -2.37. The van der Waals surface area contributed by atoms with Crippen LogP contribution in [0, 0.1) is 26.7 Å². The van der Waals surface area contributed by atoms with Gasteiger partial charge in [0.15, 0.2) is 5.69 Å². The molecule has 2 heterocycles. The lowest BCUT2D eigenvalue weighted by atomic mass is 9.98. The van der Waals surface area contributed by atoms with Crippen LogP contribution in [0.1, 0.15) is 27.4 Å². The van der Waals surface area contributed by atoms with E-state index < -0.39 is 0 Å². The minimum Gasteiger partial charge on any atom is -0.361 e. The number of hydrogen-bond acceptors (Lipinski definition) is 4. The number of hydrogen-bond donors (Lipinski definition) is 1. The summed E-state index contributed by atoms with van der Waals surface area (Å²) in [6.07, 6.45) is 0. The zero-order valence-electron chi connectivity index (χ0n) is 13.4. The summed E-state index contributed by atoms with van der Waals surface area (Å²) in [5.41, 5.74) is 3.29. The molecule has 1 aromatic heterocycles. The summed E-state index contributed by atoms with van der Waals surface area (Å²) in [4.78, 5) is 26.0. The fourth-order valence-electron chi connectivity index (χ4n) is 2.73. The molecule has 1 aliphatic rings. The summed E-state index contributed by atoms with van der Waals surface area (Å²) in [5, 5.41) is 6.63. The third kappa shape index (κ3) is 3.26. The highest BCUT2D eigenvalue weighted by Gasteiger charge is 2.37. The first-order valence-electron chi connectivity index (χ1n) is 7.54. The van der Waals surface area contributed by atoms with Gasteiger partial charge in [0.05, 0.1) is 5.92 Å². The van der Waals surface area contributed by atoms with Crippen LogP contribution in [-0.4, -0.2) is 35.0 Å². The van der Waals surface area contributed by atoms with E-state index in [-0.39, 0.29) is 23.4 Å². The number of carbonyl (C=O) groups excluding carboxylic acids is 2. The molecule has 120 valence electrons. The molecule has 1 aliphatic heterocycles. The molecule has 0 unspecified atom stereocenters. The number of likely N-dealkylation sites (tertiary alicyclic amines) is 1. The number of rotatable bonds is 3. The monoisotopic (exact) mass is 313 g/mol. The van der Waals surface area contributed by atoms with Gasteiger partial charge in [0.1, 0.15) is 5.76 Å². The van der Waals surface area contributed by atoms with Gasteiger partial charge >= 0.3 is 0 Å². The average molecular weight is 313 g/mol. The van der Waals surface area contributed by atoms with Crippen molar-refractivity contribution >= 4 is 17.5 Å². The summed E-state index contributed by atoms with van der Waals surface area (Å²) in [7, 11) is 0. The smallest absolute Gasteiger partial charge is 0.276 e. The Kier molecular flexibility index (Phi) is 3.90. The van der Waals surface area contributed by atoms with Crippen molar-refractivity contribution in [1.82, 2.24) is 10.1 Å². The van der Waals surface area contributed by atoms with Gasteiger partial charge in [-0.1, -0.05) is 11.2 Å². The maximum absolute atomic E-state index is 12.2. The van der Waals surface area contributed by atoms with Crippen LogP contribution in [0.2, 0.25) is 0 Å². The second-order valence-corrected chi connectivity index (χ2v) is 6.10. The van der Waals surface area contributed by atoms with Crippen LogP contribution in [0.4, 0.5) is 5.69 Å². The molecule has 23 heavy (non-hydrogen) atoms. The zero-order chi connectivity index (χ0) is 16.6. The molecule has 0 saturated carbocycles. The molecule has 0 atom stereocenters. The molecule has 1 aromatic carbocycles. The molecule has 2 amide bonds. The average Bonchev–Trinajstić information content (AvgIpc) is 2.82. The predicted molar refractivity (Wildman–Crippen MR) is 85.2 cm³/mol. The second-order valence-electron chi connectivity index (χ2n) is 6.10. The van der Waals surface area contributed by atoms with E-state index in [1.807, 2.05) is 26.0 Å². The number of amides is 2. The Morgan fingerprint density at radius 1 is 1.13 bits per heavy atom. The SMILES string of the molecule is Cc1cc(C)cc(NC(=O)C2CN(C(=O)c3cc(C)on3)C2)c1. The van der Waals surface area contributed by atoms with Gasteiger partial charge in [-0.05, 0) is 44.0 Å². The topological polar surface area (TPSA) is 75.4 Å². The molecule has 1 saturated heterocycles. The maximum atomic E-state index is 12.2. The van der Waals surface area contributed by atoms with E-state index in [1.54, 1.807) is 17.9 Å². The van der Waals surface area contributed by atoms with Gasteiger partial charge in [0.2, 0.25) is 5.91 Å². The highest BCUT2D eigenvalue weighted by molar-refractivity contribution is 5.97. The molecule has 2 aromatic rings. The van der Waals surface area contributed by atoms with E-state index in [2.05, 4.69) is 16.5 Å². The molecule has 0 radical (unpaired) electrons. The highest BCUT2D eigenvalue weighted by atomic mass is 16.5. The molecule has 1 N–H and O–H groups in total. The van der Waals surface area contributed by atoms with Crippen molar-refractivity contribution in [1.29, 1.82) is 0 Å². The van der Waals surface area contributed by atoms with E-state index in [4.69, 9.17) is 4.52 Å². The lowest BCUT2D eigenvalue weighted by Crippen LogP contribution is -2.54. The van der Waals surface area contributed by atoms with Crippen molar-refractivity contribution in [2.24, 2.45) is 5.92 Å². The fraction of sp³-hybridized carbons (Fsp3) is 0.353. The Balaban J connectivity index is 1.56. The number of aromatic nitrogens is 1. The Morgan fingerprint density at radius 2 is 1.78 bits per heavy atom. The van der Waals surface area contributed by atoms with E-state index in [1.165, 1.54) is 0 Å². The lowest BCUT2D eigenvalue weighted by molar-refractivity contribution is -0.123. The second kappa shape index (κ2) is 5.87. The first-order valence-corrected chi connectivity index (χ1v) is 7.54. The third-order valence-electron chi connectivity index (χ3n) is 3.88. The van der Waals surface area contributed by atoms with E-state index in [0.29, 0.717) is 18.8 Å². The molecule has 0 bridgehead atoms. The molecule has 3 rings (SSSR count). The van der Waals surface area contributed by atoms with Crippen molar-refractivity contribution in [2.45, 2.75) is 20.8 Å². The van der Waals surface area contributed by atoms with Crippen LogP contribution in [0.15, 0.2) is 28.8 Å². The normalized spacial score (nSPS) is 14.5. The zero-order valence-corrected chi connectivity index (χ0v) is 13.4. The third-order valence-corrected chi connectivity index (χ3v) is 3.88. The summed E-state index contributed by atoms with van der Waals surface area (Å²) < 4.78 is 4.90. The van der Waals surface area contributed by atoms with Crippen molar-refractivity contribution in [3.05, 3.63) is 46.8 Å². The van der Waals surface area contributed by atoms with Gasteiger partial charge in [-0.3, -0.25) is 9.59 Å². The van der Waals surface area contributed by atoms with Crippen LogP contribution in [0.3, 0.4) is 0 Å². The van der Waals surface area contributed by atoms with Crippen molar-refractivity contribution in [2.75, 3.05) is 18.4 Å². The molecule has 1 fully saturated rings. The number of nitrogens with zero attached hydrogens (tertiary/aromatic N) is 2. The Hall–Kier alpha value is -2.63. The Morgan fingerprint density at radius 3 is 2.35 bits per heavy atom. The Bertz CT molecular complexity index is 740. The van der Waals surface area contributed by atoms with E-state index in [0.717, 1.165) is 16.8 Å². The van der Waals surface area contributed by atoms with Gasteiger partial charge in [0, 0.05) is 24.8 Å². The van der Waals surface area contributed by atoms with Crippen molar-refractivity contribution < 1.29 is 14.1 Å². The summed E-state index contributed by atoms with van der Waals surface area (Å²) in [6, 6.07) is 7.53. The van der Waals surface area contributed by atoms with E-state index in [9.17, 15) is 9.59 Å². The Labute approximate surface area is 134 Å². The standard InChI is InChI=1S/C17H19N3O3/c1-10-4-11(2)6-14(5-10)18-16(21)13-8-20(9-13)17(22)15-7-12(3)23-19-15/h4-7,13H,8-9H2,1-3H3,(H,18,21). The summed E-state index contributed by atoms with van der Waals surface area (Å²) in [5.74, 6) is 0.151. The van der Waals surface area contributed by atoms with Crippen LogP contribution >= 0.6 is 0 Å². The van der Waals surface area contributed by atoms with Crippen LogP contribution in [0.25, 0.3) is 0 Å². The number of benzene rings is 1. The van der Waals surface area contributed by atoms with Gasteiger partial charge in [0.25, 0.3) is 5.91 Å². The number of nitrogens with one attached hydrogen (secondary N) is 1. The molecular weight excluding hydrogens is 294 g/mol.